The Kier molecular flexibility index (Phi) is 5.02. The Morgan fingerprint density at radius 3 is 2.70 bits per heavy atom. The Balaban J connectivity index is 2.00. The first-order chi connectivity index (χ1) is 9.53. The molecule has 1 aliphatic rings. The van der Waals surface area contributed by atoms with Crippen molar-refractivity contribution in [1.29, 1.82) is 0 Å². The Hall–Kier alpha value is -1.10. The first-order valence-electron chi connectivity index (χ1n) is 7.02. The van der Waals surface area contributed by atoms with Gasteiger partial charge in [0.2, 0.25) is 5.91 Å². The largest absolute Gasteiger partial charge is 0.387 e. The first-order valence-corrected chi connectivity index (χ1v) is 7.40. The summed E-state index contributed by atoms with van der Waals surface area (Å²) in [5.74, 6) is -0.324. The van der Waals surface area contributed by atoms with Crippen LogP contribution in [0.4, 0.5) is 0 Å². The van der Waals surface area contributed by atoms with Crippen molar-refractivity contribution in [2.75, 3.05) is 6.54 Å². The number of amides is 1. The molecule has 1 atom stereocenters. The normalized spacial score (nSPS) is 19.5. The second-order valence-corrected chi connectivity index (χ2v) is 5.90. The van der Waals surface area contributed by atoms with E-state index in [4.69, 9.17) is 17.3 Å². The molecule has 1 aromatic carbocycles. The van der Waals surface area contributed by atoms with Crippen LogP contribution in [-0.4, -0.2) is 23.1 Å². The molecule has 1 fully saturated rings. The van der Waals surface area contributed by atoms with Gasteiger partial charge in [0.05, 0.1) is 11.6 Å². The SMILES string of the molecule is NC(=O)C1(NCC(O)c2cccc(Cl)c2)CCCCC1. The van der Waals surface area contributed by atoms with E-state index < -0.39 is 11.6 Å². The van der Waals surface area contributed by atoms with E-state index in [1.807, 2.05) is 6.07 Å². The van der Waals surface area contributed by atoms with Gasteiger partial charge in [-0.3, -0.25) is 4.79 Å². The summed E-state index contributed by atoms with van der Waals surface area (Å²) in [4.78, 5) is 11.7. The minimum Gasteiger partial charge on any atom is -0.387 e. The van der Waals surface area contributed by atoms with E-state index in [2.05, 4.69) is 5.32 Å². The first kappa shape index (κ1) is 15.3. The quantitative estimate of drug-likeness (QED) is 0.779. The predicted octanol–water partition coefficient (Wildman–Crippen LogP) is 2.15. The zero-order valence-corrected chi connectivity index (χ0v) is 12.2. The van der Waals surface area contributed by atoms with Gasteiger partial charge in [-0.1, -0.05) is 43.0 Å². The topological polar surface area (TPSA) is 75.4 Å². The average molecular weight is 297 g/mol. The maximum atomic E-state index is 11.7. The van der Waals surface area contributed by atoms with Crippen LogP contribution in [0.5, 0.6) is 0 Å². The van der Waals surface area contributed by atoms with E-state index in [1.54, 1.807) is 18.2 Å². The summed E-state index contributed by atoms with van der Waals surface area (Å²) >= 11 is 5.91. The lowest BCUT2D eigenvalue weighted by Crippen LogP contribution is -2.57. The van der Waals surface area contributed by atoms with Gasteiger partial charge in [-0.05, 0) is 30.5 Å². The lowest BCUT2D eigenvalue weighted by atomic mass is 9.81. The Morgan fingerprint density at radius 1 is 1.40 bits per heavy atom. The monoisotopic (exact) mass is 296 g/mol. The fraction of sp³-hybridized carbons (Fsp3) is 0.533. The molecule has 110 valence electrons. The highest BCUT2D eigenvalue weighted by Crippen LogP contribution is 2.28. The molecule has 0 aliphatic heterocycles. The van der Waals surface area contributed by atoms with Crippen LogP contribution in [0, 0.1) is 0 Å². The average Bonchev–Trinajstić information content (AvgIpc) is 2.45. The van der Waals surface area contributed by atoms with E-state index in [1.165, 1.54) is 0 Å². The van der Waals surface area contributed by atoms with Crippen LogP contribution in [0.15, 0.2) is 24.3 Å². The molecule has 20 heavy (non-hydrogen) atoms. The van der Waals surface area contributed by atoms with Crippen molar-refractivity contribution < 1.29 is 9.90 Å². The van der Waals surface area contributed by atoms with Gasteiger partial charge < -0.3 is 16.2 Å². The van der Waals surface area contributed by atoms with Crippen LogP contribution < -0.4 is 11.1 Å². The van der Waals surface area contributed by atoms with Crippen LogP contribution in [-0.2, 0) is 4.79 Å². The Labute approximate surface area is 124 Å². The highest BCUT2D eigenvalue weighted by molar-refractivity contribution is 6.30. The minimum atomic E-state index is -0.702. The van der Waals surface area contributed by atoms with Crippen molar-refractivity contribution in [3.8, 4) is 0 Å². The molecule has 1 aromatic rings. The number of halogens is 1. The molecule has 0 spiro atoms. The van der Waals surface area contributed by atoms with Gasteiger partial charge in [0, 0.05) is 11.6 Å². The van der Waals surface area contributed by atoms with Crippen LogP contribution in [0.25, 0.3) is 0 Å². The maximum absolute atomic E-state index is 11.7. The van der Waals surface area contributed by atoms with Crippen LogP contribution in [0.2, 0.25) is 5.02 Å². The molecule has 0 radical (unpaired) electrons. The van der Waals surface area contributed by atoms with Gasteiger partial charge in [-0.25, -0.2) is 0 Å². The molecule has 4 nitrogen and oxygen atoms in total. The number of aliphatic hydroxyl groups excluding tert-OH is 1. The van der Waals surface area contributed by atoms with Crippen molar-refractivity contribution in [3.05, 3.63) is 34.9 Å². The molecular weight excluding hydrogens is 276 g/mol. The smallest absolute Gasteiger partial charge is 0.237 e. The molecule has 1 aliphatic carbocycles. The number of benzene rings is 1. The second kappa shape index (κ2) is 6.57. The lowest BCUT2D eigenvalue weighted by molar-refractivity contribution is -0.126. The van der Waals surface area contributed by atoms with Crippen molar-refractivity contribution in [2.45, 2.75) is 43.7 Å². The number of carbonyl (C=O) groups is 1. The fourth-order valence-corrected chi connectivity index (χ4v) is 2.99. The third-order valence-electron chi connectivity index (χ3n) is 4.05. The molecule has 1 unspecified atom stereocenters. The maximum Gasteiger partial charge on any atom is 0.237 e. The summed E-state index contributed by atoms with van der Waals surface area (Å²) in [5.41, 5.74) is 5.61. The zero-order chi connectivity index (χ0) is 14.6. The molecule has 4 N–H and O–H groups in total. The molecule has 5 heteroatoms. The van der Waals surface area contributed by atoms with E-state index >= 15 is 0 Å². The summed E-state index contributed by atoms with van der Waals surface area (Å²) in [5, 5.41) is 14.0. The van der Waals surface area contributed by atoms with E-state index in [9.17, 15) is 9.90 Å². The van der Waals surface area contributed by atoms with Crippen molar-refractivity contribution >= 4 is 17.5 Å². The molecule has 0 aromatic heterocycles. The second-order valence-electron chi connectivity index (χ2n) is 5.46. The number of β-amino-alcohol motifs (C(OH)–C–C–N with tert-alkyl or cyclic N) is 1. The summed E-state index contributed by atoms with van der Waals surface area (Å²) < 4.78 is 0. The lowest BCUT2D eigenvalue weighted by Gasteiger charge is -2.36. The molecule has 0 bridgehead atoms. The molecule has 2 rings (SSSR count). The standard InChI is InChI=1S/C15H21ClN2O2/c16-12-6-4-5-11(9-12)13(19)10-18-15(14(17)20)7-2-1-3-8-15/h4-6,9,13,18-19H,1-3,7-8,10H2,(H2,17,20). The number of carbonyl (C=O) groups excluding carboxylic acids is 1. The number of hydrogen-bond donors (Lipinski definition) is 3. The van der Waals surface area contributed by atoms with Gasteiger partial charge in [-0.2, -0.15) is 0 Å². The van der Waals surface area contributed by atoms with Crippen LogP contribution >= 0.6 is 11.6 Å². The van der Waals surface area contributed by atoms with Gasteiger partial charge in [0.15, 0.2) is 0 Å². The fourth-order valence-electron chi connectivity index (χ4n) is 2.79. The number of nitrogens with two attached hydrogens (primary N) is 1. The van der Waals surface area contributed by atoms with E-state index in [0.29, 0.717) is 11.6 Å². The minimum absolute atomic E-state index is 0.295. The highest BCUT2D eigenvalue weighted by atomic mass is 35.5. The van der Waals surface area contributed by atoms with Crippen molar-refractivity contribution in [1.82, 2.24) is 5.32 Å². The molecular formula is C15H21ClN2O2. The number of primary amides is 1. The molecule has 1 amide bonds. The zero-order valence-electron chi connectivity index (χ0n) is 11.4. The summed E-state index contributed by atoms with van der Waals surface area (Å²) in [6.07, 6.45) is 3.89. The van der Waals surface area contributed by atoms with Gasteiger partial charge in [-0.15, -0.1) is 0 Å². The summed E-state index contributed by atoms with van der Waals surface area (Å²) in [7, 11) is 0. The van der Waals surface area contributed by atoms with Gasteiger partial charge >= 0.3 is 0 Å². The Bertz CT molecular complexity index is 473. The molecule has 1 saturated carbocycles. The summed E-state index contributed by atoms with van der Waals surface area (Å²) in [6.45, 7) is 0.295. The third-order valence-corrected chi connectivity index (χ3v) is 4.28. The number of hydrogen-bond acceptors (Lipinski definition) is 3. The number of rotatable bonds is 5. The number of nitrogens with one attached hydrogen (secondary N) is 1. The molecule has 0 saturated heterocycles. The third kappa shape index (κ3) is 3.51. The Morgan fingerprint density at radius 2 is 2.10 bits per heavy atom. The van der Waals surface area contributed by atoms with E-state index in [0.717, 1.165) is 37.7 Å². The van der Waals surface area contributed by atoms with E-state index in [-0.39, 0.29) is 5.91 Å². The highest BCUT2D eigenvalue weighted by Gasteiger charge is 2.37. The van der Waals surface area contributed by atoms with Gasteiger partial charge in [0.25, 0.3) is 0 Å². The predicted molar refractivity (Wildman–Crippen MR) is 79.4 cm³/mol. The van der Waals surface area contributed by atoms with Crippen molar-refractivity contribution in [2.24, 2.45) is 5.73 Å². The van der Waals surface area contributed by atoms with Crippen LogP contribution in [0.3, 0.4) is 0 Å². The van der Waals surface area contributed by atoms with Crippen molar-refractivity contribution in [3.63, 3.8) is 0 Å². The van der Waals surface area contributed by atoms with Crippen LogP contribution in [0.1, 0.15) is 43.8 Å². The number of aliphatic hydroxyl groups is 1. The molecule has 0 heterocycles. The van der Waals surface area contributed by atoms with Gasteiger partial charge in [0.1, 0.15) is 0 Å². The summed E-state index contributed by atoms with van der Waals surface area (Å²) in [6, 6.07) is 7.10.